The van der Waals surface area contributed by atoms with Crippen molar-refractivity contribution in [1.82, 2.24) is 18.9 Å². The molecule has 0 bridgehead atoms. The number of hydrogen-bond acceptors (Lipinski definition) is 4. The number of fused-ring (bicyclic) bond motifs is 1. The second-order valence-electron chi connectivity index (χ2n) is 6.83. The van der Waals surface area contributed by atoms with E-state index in [1.54, 1.807) is 10.6 Å². The van der Waals surface area contributed by atoms with E-state index in [4.69, 9.17) is 4.74 Å². The lowest BCUT2D eigenvalue weighted by Crippen LogP contribution is -2.41. The number of hydrogen-bond donors (Lipinski definition) is 0. The van der Waals surface area contributed by atoms with Crippen LogP contribution in [0.1, 0.15) is 23.0 Å². The van der Waals surface area contributed by atoms with Crippen molar-refractivity contribution in [1.29, 1.82) is 0 Å². The van der Waals surface area contributed by atoms with Crippen LogP contribution in [0, 0.1) is 6.92 Å². The van der Waals surface area contributed by atoms with Crippen LogP contribution in [0.4, 0.5) is 0 Å². The zero-order valence-electron chi connectivity index (χ0n) is 15.3. The van der Waals surface area contributed by atoms with Gasteiger partial charge in [0, 0.05) is 49.5 Å². The molecule has 4 heterocycles. The number of morpholine rings is 1. The quantitative estimate of drug-likeness (QED) is 0.720. The number of pyridine rings is 1. The molecule has 0 aliphatic carbocycles. The zero-order valence-corrected chi connectivity index (χ0v) is 15.3. The van der Waals surface area contributed by atoms with Gasteiger partial charge in [0.2, 0.25) is 0 Å². The van der Waals surface area contributed by atoms with Crippen LogP contribution in [-0.2, 0) is 18.2 Å². The van der Waals surface area contributed by atoms with E-state index in [0.717, 1.165) is 31.0 Å². The van der Waals surface area contributed by atoms with Gasteiger partial charge in [-0.25, -0.2) is 4.98 Å². The fourth-order valence-electron chi connectivity index (χ4n) is 3.78. The van der Waals surface area contributed by atoms with Gasteiger partial charge in [-0.05, 0) is 37.6 Å². The summed E-state index contributed by atoms with van der Waals surface area (Å²) in [6.07, 6.45) is 4.54. The van der Waals surface area contributed by atoms with Gasteiger partial charge in [0.25, 0.3) is 5.56 Å². The number of ether oxygens (including phenoxy) is 1. The number of aromatic nitrogens is 3. The second-order valence-corrected chi connectivity index (χ2v) is 6.83. The van der Waals surface area contributed by atoms with Crippen LogP contribution < -0.4 is 5.56 Å². The highest BCUT2D eigenvalue weighted by Crippen LogP contribution is 2.24. The van der Waals surface area contributed by atoms with Gasteiger partial charge in [-0.3, -0.25) is 14.1 Å². The van der Waals surface area contributed by atoms with Crippen molar-refractivity contribution in [3.63, 3.8) is 0 Å². The predicted molar refractivity (Wildman–Crippen MR) is 100 cm³/mol. The Morgan fingerprint density at radius 3 is 2.92 bits per heavy atom. The lowest BCUT2D eigenvalue weighted by atomic mass is 10.1. The van der Waals surface area contributed by atoms with Crippen molar-refractivity contribution in [2.75, 3.05) is 26.3 Å². The molecular weight excluding hydrogens is 328 g/mol. The van der Waals surface area contributed by atoms with Crippen LogP contribution in [0.25, 0.3) is 5.65 Å². The molecule has 0 saturated carbocycles. The van der Waals surface area contributed by atoms with Gasteiger partial charge in [-0.1, -0.05) is 6.07 Å². The summed E-state index contributed by atoms with van der Waals surface area (Å²) in [5.74, 6) is 0. The summed E-state index contributed by atoms with van der Waals surface area (Å²) in [4.78, 5) is 19.9. The van der Waals surface area contributed by atoms with Gasteiger partial charge < -0.3 is 9.30 Å². The van der Waals surface area contributed by atoms with E-state index in [9.17, 15) is 4.79 Å². The monoisotopic (exact) mass is 352 g/mol. The highest BCUT2D eigenvalue weighted by molar-refractivity contribution is 5.40. The Kier molecular flexibility index (Phi) is 4.61. The molecule has 3 aromatic rings. The van der Waals surface area contributed by atoms with E-state index < -0.39 is 0 Å². The normalized spacial score (nSPS) is 18.5. The van der Waals surface area contributed by atoms with Crippen molar-refractivity contribution in [3.8, 4) is 0 Å². The van der Waals surface area contributed by atoms with Crippen molar-refractivity contribution in [2.45, 2.75) is 19.4 Å². The molecule has 4 rings (SSSR count). The van der Waals surface area contributed by atoms with Crippen LogP contribution >= 0.6 is 0 Å². The topological polar surface area (TPSA) is 51.8 Å². The molecule has 0 N–H and O–H groups in total. The average Bonchev–Trinajstić information content (AvgIpc) is 3.07. The molecule has 0 radical (unpaired) electrons. The molecular formula is C20H24N4O2. The van der Waals surface area contributed by atoms with E-state index in [-0.39, 0.29) is 11.6 Å². The first-order chi connectivity index (χ1) is 12.6. The summed E-state index contributed by atoms with van der Waals surface area (Å²) in [5, 5.41) is 0. The highest BCUT2D eigenvalue weighted by atomic mass is 16.5. The first-order valence-corrected chi connectivity index (χ1v) is 9.05. The summed E-state index contributed by atoms with van der Waals surface area (Å²) in [6.45, 7) is 5.03. The van der Waals surface area contributed by atoms with E-state index in [1.165, 1.54) is 5.69 Å². The maximum Gasteiger partial charge on any atom is 0.261 e. The molecule has 26 heavy (non-hydrogen) atoms. The third kappa shape index (κ3) is 3.06. The number of aryl methyl sites for hydroxylation is 2. The molecule has 0 aromatic carbocycles. The van der Waals surface area contributed by atoms with Crippen molar-refractivity contribution in [3.05, 3.63) is 70.0 Å². The first-order valence-electron chi connectivity index (χ1n) is 9.05. The van der Waals surface area contributed by atoms with Gasteiger partial charge in [0.05, 0.1) is 19.3 Å². The molecule has 1 aliphatic heterocycles. The molecule has 1 unspecified atom stereocenters. The van der Waals surface area contributed by atoms with Crippen molar-refractivity contribution in [2.24, 2.45) is 7.05 Å². The van der Waals surface area contributed by atoms with Crippen LogP contribution in [0.5, 0.6) is 0 Å². The summed E-state index contributed by atoms with van der Waals surface area (Å²) in [6, 6.07) is 10.1. The number of rotatable bonds is 4. The molecule has 136 valence electrons. The molecule has 1 aliphatic rings. The lowest BCUT2D eigenvalue weighted by Gasteiger charge is -2.36. The van der Waals surface area contributed by atoms with Gasteiger partial charge in [0.1, 0.15) is 5.65 Å². The summed E-state index contributed by atoms with van der Waals surface area (Å²) < 4.78 is 9.49. The lowest BCUT2D eigenvalue weighted by molar-refractivity contribution is -0.0104. The first kappa shape index (κ1) is 17.0. The van der Waals surface area contributed by atoms with Crippen LogP contribution in [0.3, 0.4) is 0 Å². The summed E-state index contributed by atoms with van der Waals surface area (Å²) in [5.41, 5.74) is 3.61. The Morgan fingerprint density at radius 1 is 1.23 bits per heavy atom. The van der Waals surface area contributed by atoms with Crippen molar-refractivity contribution >= 4 is 5.65 Å². The predicted octanol–water partition coefficient (Wildman–Crippen LogP) is 1.96. The van der Waals surface area contributed by atoms with E-state index in [2.05, 4.69) is 39.8 Å². The average molecular weight is 352 g/mol. The maximum absolute atomic E-state index is 12.9. The molecule has 3 aromatic heterocycles. The van der Waals surface area contributed by atoms with Crippen molar-refractivity contribution < 1.29 is 4.74 Å². The third-order valence-corrected chi connectivity index (χ3v) is 5.25. The van der Waals surface area contributed by atoms with Gasteiger partial charge >= 0.3 is 0 Å². The molecule has 6 nitrogen and oxygen atoms in total. The largest absolute Gasteiger partial charge is 0.378 e. The van der Waals surface area contributed by atoms with E-state index >= 15 is 0 Å². The van der Waals surface area contributed by atoms with Crippen LogP contribution in [-0.4, -0.2) is 45.2 Å². The Morgan fingerprint density at radius 2 is 2.12 bits per heavy atom. The second kappa shape index (κ2) is 7.05. The third-order valence-electron chi connectivity index (χ3n) is 5.25. The maximum atomic E-state index is 12.9. The Bertz CT molecular complexity index is 975. The minimum Gasteiger partial charge on any atom is -0.378 e. The minimum absolute atomic E-state index is 0.0387. The molecule has 1 atom stereocenters. The standard InChI is InChI=1S/C20H24N4O2/c1-15-16(20(25)24-10-4-3-7-19(24)21-15)8-11-23-12-13-26-14-18(23)17-6-5-9-22(17)2/h3-7,9-10,18H,8,11-14H2,1-2H3. The molecule has 1 fully saturated rings. The Labute approximate surface area is 152 Å². The van der Waals surface area contributed by atoms with E-state index in [0.29, 0.717) is 18.7 Å². The summed E-state index contributed by atoms with van der Waals surface area (Å²) in [7, 11) is 2.06. The van der Waals surface area contributed by atoms with Gasteiger partial charge in [-0.2, -0.15) is 0 Å². The SMILES string of the molecule is Cc1nc2ccccn2c(=O)c1CCN1CCOCC1c1cccn1C. The Balaban J connectivity index is 1.59. The molecule has 0 amide bonds. The van der Waals surface area contributed by atoms with Crippen LogP contribution in [0.15, 0.2) is 47.5 Å². The van der Waals surface area contributed by atoms with Gasteiger partial charge in [-0.15, -0.1) is 0 Å². The number of nitrogens with zero attached hydrogens (tertiary/aromatic N) is 4. The molecule has 0 spiro atoms. The fourth-order valence-corrected chi connectivity index (χ4v) is 3.78. The Hall–Kier alpha value is -2.44. The zero-order chi connectivity index (χ0) is 18.1. The van der Waals surface area contributed by atoms with Crippen LogP contribution in [0.2, 0.25) is 0 Å². The smallest absolute Gasteiger partial charge is 0.261 e. The molecule has 6 heteroatoms. The minimum atomic E-state index is 0.0387. The molecule has 1 saturated heterocycles. The fraction of sp³-hybridized carbons (Fsp3) is 0.400. The highest BCUT2D eigenvalue weighted by Gasteiger charge is 2.26. The summed E-state index contributed by atoms with van der Waals surface area (Å²) >= 11 is 0. The van der Waals surface area contributed by atoms with Gasteiger partial charge in [0.15, 0.2) is 0 Å². The van der Waals surface area contributed by atoms with E-state index in [1.807, 2.05) is 25.1 Å².